The normalized spacial score (nSPS) is 13.2. The van der Waals surface area contributed by atoms with E-state index in [4.69, 9.17) is 0 Å². The number of rotatable bonds is 1. The van der Waals surface area contributed by atoms with Gasteiger partial charge in [-0.05, 0) is 59.9 Å². The molecule has 0 bridgehead atoms. The summed E-state index contributed by atoms with van der Waals surface area (Å²) in [5.74, 6) is 0. The molecule has 16 heavy (non-hydrogen) atoms. The second kappa shape index (κ2) is 4.04. The predicted molar refractivity (Wildman–Crippen MR) is 71.4 cm³/mol. The molecule has 5 nitrogen and oxygen atoms in total. The molecule has 0 N–H and O–H groups in total. The van der Waals surface area contributed by atoms with Crippen molar-refractivity contribution in [2.24, 2.45) is 0 Å². The summed E-state index contributed by atoms with van der Waals surface area (Å²) in [6.45, 7) is 0. The van der Waals surface area contributed by atoms with Crippen molar-refractivity contribution < 1.29 is 8.42 Å². The second-order valence-electron chi connectivity index (χ2n) is 2.86. The average molecular weight is 434 g/mol. The zero-order valence-electron chi connectivity index (χ0n) is 7.51. The minimum Gasteiger partial charge on any atom is -0.200 e. The van der Waals surface area contributed by atoms with Crippen LogP contribution in [-0.4, -0.2) is 24.3 Å². The van der Waals surface area contributed by atoms with Gasteiger partial charge in [0.2, 0.25) is 0 Å². The lowest BCUT2D eigenvalue weighted by atomic mass is 10.3. The van der Waals surface area contributed by atoms with E-state index in [1.54, 1.807) is 24.3 Å². The highest BCUT2D eigenvalue weighted by Crippen LogP contribution is 2.39. The van der Waals surface area contributed by atoms with Crippen LogP contribution in [0.15, 0.2) is 24.3 Å². The summed E-state index contributed by atoms with van der Waals surface area (Å²) in [5.41, 5.74) is 1.03. The fourth-order valence-electron chi connectivity index (χ4n) is 1.04. The maximum Gasteiger partial charge on any atom is 0.306 e. The van der Waals surface area contributed by atoms with Crippen LogP contribution in [0.25, 0.3) is 11.0 Å². The highest BCUT2D eigenvalue weighted by Gasteiger charge is 2.39. The zero-order valence-corrected chi connectivity index (χ0v) is 13.1. The maximum absolute atomic E-state index is 11.9. The van der Waals surface area contributed by atoms with E-state index >= 15 is 0 Å². The Kier molecular flexibility index (Phi) is 3.15. The van der Waals surface area contributed by atoms with Crippen LogP contribution in [0.4, 0.5) is 0 Å². The third-order valence-electron chi connectivity index (χ3n) is 1.78. The van der Waals surface area contributed by atoms with E-state index in [0.717, 1.165) is 0 Å². The molecule has 0 aliphatic heterocycles. The molecule has 1 aromatic heterocycles. The molecule has 1 heterocycles. The smallest absolute Gasteiger partial charge is 0.200 e. The first kappa shape index (κ1) is 12.5. The van der Waals surface area contributed by atoms with Crippen LogP contribution in [0.3, 0.4) is 0 Å². The quantitative estimate of drug-likeness (QED) is 0.648. The lowest BCUT2D eigenvalue weighted by Crippen LogP contribution is -2.27. The molecule has 0 radical (unpaired) electrons. The Morgan fingerprint density at radius 1 is 1.06 bits per heavy atom. The number of hydrogen-bond acceptors (Lipinski definition) is 4. The molecule has 2 rings (SSSR count). The number of halogens is 3. The Hall–Kier alpha value is 0.0100. The minimum absolute atomic E-state index is 0.517. The molecule has 86 valence electrons. The Morgan fingerprint density at radius 2 is 1.50 bits per heavy atom. The Labute approximate surface area is 117 Å². The maximum atomic E-state index is 11.9. The third kappa shape index (κ3) is 2.05. The predicted octanol–water partition coefficient (Wildman–Crippen LogP) is 2.41. The molecule has 1 aromatic carbocycles. The SMILES string of the molecule is O=S(=O)(n1nc2ccccc2n1)C(Br)(Br)Br. The van der Waals surface area contributed by atoms with Gasteiger partial charge in [-0.1, -0.05) is 16.3 Å². The van der Waals surface area contributed by atoms with Gasteiger partial charge in [0.05, 0.1) is 0 Å². The summed E-state index contributed by atoms with van der Waals surface area (Å²) in [4.78, 5) is 0. The number of aromatic nitrogens is 3. The average Bonchev–Trinajstić information content (AvgIpc) is 2.59. The van der Waals surface area contributed by atoms with Gasteiger partial charge in [-0.25, -0.2) is 0 Å². The van der Waals surface area contributed by atoms with Crippen LogP contribution >= 0.6 is 47.8 Å². The molecular formula is C7H4Br3N3O2S. The highest BCUT2D eigenvalue weighted by molar-refractivity contribution is 9.42. The van der Waals surface area contributed by atoms with Crippen LogP contribution < -0.4 is 0 Å². The molecule has 0 aliphatic rings. The molecule has 0 fully saturated rings. The van der Waals surface area contributed by atoms with E-state index in [2.05, 4.69) is 58.0 Å². The summed E-state index contributed by atoms with van der Waals surface area (Å²) < 4.78 is 23.0. The van der Waals surface area contributed by atoms with E-state index in [9.17, 15) is 8.42 Å². The van der Waals surface area contributed by atoms with Crippen molar-refractivity contribution in [3.8, 4) is 0 Å². The number of hydrogen-bond donors (Lipinski definition) is 0. The van der Waals surface area contributed by atoms with Crippen LogP contribution in [-0.2, 0) is 10.0 Å². The molecule has 2 aromatic rings. The number of fused-ring (bicyclic) bond motifs is 1. The number of nitrogens with zero attached hydrogens (tertiary/aromatic N) is 3. The second-order valence-corrected chi connectivity index (χ2v) is 13.1. The molecule has 0 amide bonds. The molecule has 0 aliphatic carbocycles. The fraction of sp³-hybridized carbons (Fsp3) is 0.143. The van der Waals surface area contributed by atoms with E-state index in [1.165, 1.54) is 0 Å². The third-order valence-corrected chi connectivity index (χ3v) is 6.64. The van der Waals surface area contributed by atoms with Gasteiger partial charge in [-0.3, -0.25) is 0 Å². The molecule has 9 heteroatoms. The van der Waals surface area contributed by atoms with Gasteiger partial charge in [0.15, 0.2) is 0 Å². The van der Waals surface area contributed by atoms with Crippen molar-refractivity contribution in [2.45, 2.75) is 1.47 Å². The van der Waals surface area contributed by atoms with Crippen LogP contribution in [0.1, 0.15) is 0 Å². The van der Waals surface area contributed by atoms with Gasteiger partial charge in [-0.15, -0.1) is 10.2 Å². The highest BCUT2D eigenvalue weighted by atomic mass is 80.0. The van der Waals surface area contributed by atoms with Crippen molar-refractivity contribution in [2.75, 3.05) is 0 Å². The van der Waals surface area contributed by atoms with Gasteiger partial charge in [0.25, 0.3) is 1.47 Å². The van der Waals surface area contributed by atoms with E-state index in [0.29, 0.717) is 15.2 Å². The van der Waals surface area contributed by atoms with Crippen molar-refractivity contribution in [3.05, 3.63) is 24.3 Å². The van der Waals surface area contributed by atoms with Crippen LogP contribution in [0.2, 0.25) is 0 Å². The van der Waals surface area contributed by atoms with Crippen molar-refractivity contribution in [1.82, 2.24) is 14.4 Å². The fourth-order valence-corrected chi connectivity index (χ4v) is 2.78. The van der Waals surface area contributed by atoms with E-state index < -0.39 is 11.5 Å². The first-order chi connectivity index (χ1) is 7.32. The topological polar surface area (TPSA) is 64.8 Å². The first-order valence-corrected chi connectivity index (χ1v) is 7.78. The first-order valence-electron chi connectivity index (χ1n) is 3.96. The Balaban J connectivity index is 2.66. The lowest BCUT2D eigenvalue weighted by molar-refractivity contribution is 0.573. The van der Waals surface area contributed by atoms with E-state index in [1.807, 2.05) is 0 Å². The van der Waals surface area contributed by atoms with Gasteiger partial charge < -0.3 is 0 Å². The summed E-state index contributed by atoms with van der Waals surface area (Å²) >= 11 is 8.82. The lowest BCUT2D eigenvalue weighted by Gasteiger charge is -2.11. The van der Waals surface area contributed by atoms with Crippen LogP contribution in [0.5, 0.6) is 0 Å². The Morgan fingerprint density at radius 3 is 1.88 bits per heavy atom. The summed E-state index contributed by atoms with van der Waals surface area (Å²) in [6.07, 6.45) is 0. The number of benzene rings is 1. The zero-order chi connectivity index (χ0) is 12.0. The molecular weight excluding hydrogens is 430 g/mol. The molecule has 0 saturated heterocycles. The van der Waals surface area contributed by atoms with Gasteiger partial charge in [0, 0.05) is 0 Å². The molecule has 0 atom stereocenters. The largest absolute Gasteiger partial charge is 0.306 e. The number of alkyl halides is 3. The van der Waals surface area contributed by atoms with Crippen molar-refractivity contribution >= 4 is 68.8 Å². The molecule has 0 spiro atoms. The molecule has 0 saturated carbocycles. The van der Waals surface area contributed by atoms with Gasteiger partial charge in [0.1, 0.15) is 11.0 Å². The van der Waals surface area contributed by atoms with Crippen molar-refractivity contribution in [3.63, 3.8) is 0 Å². The summed E-state index contributed by atoms with van der Waals surface area (Å²) in [6, 6.07) is 6.90. The monoisotopic (exact) mass is 431 g/mol. The minimum atomic E-state index is -3.79. The summed E-state index contributed by atoms with van der Waals surface area (Å²) in [7, 11) is -3.79. The van der Waals surface area contributed by atoms with E-state index in [-0.39, 0.29) is 0 Å². The molecule has 0 unspecified atom stereocenters. The van der Waals surface area contributed by atoms with Crippen LogP contribution in [0, 0.1) is 0 Å². The Bertz CT molecular complexity index is 599. The van der Waals surface area contributed by atoms with Crippen molar-refractivity contribution in [1.29, 1.82) is 0 Å². The standard InChI is InChI=1S/C7H4Br3N3O2S/c8-7(9,10)16(14,15)13-11-5-3-1-2-4-6(5)12-13/h1-4H. The summed E-state index contributed by atoms with van der Waals surface area (Å²) in [5, 5.41) is 7.76. The van der Waals surface area contributed by atoms with Gasteiger partial charge in [-0.2, -0.15) is 8.42 Å². The van der Waals surface area contributed by atoms with Gasteiger partial charge >= 0.3 is 10.0 Å².